The van der Waals surface area contributed by atoms with Gasteiger partial charge in [-0.25, -0.2) is 9.37 Å². The highest BCUT2D eigenvalue weighted by molar-refractivity contribution is 6.09. The van der Waals surface area contributed by atoms with Crippen LogP contribution >= 0.6 is 0 Å². The van der Waals surface area contributed by atoms with Gasteiger partial charge in [-0.1, -0.05) is 45.0 Å². The summed E-state index contributed by atoms with van der Waals surface area (Å²) in [5.74, 6) is -1.38. The van der Waals surface area contributed by atoms with E-state index in [0.717, 1.165) is 17.5 Å². The Bertz CT molecular complexity index is 1510. The SMILES string of the molecule is Cn1cc(C(C(=O)NCCc2cccc(F)c2)N(C(=O)c2cocn2)c2ccc(C(C)(C)C)cc2)ccc1=O. The van der Waals surface area contributed by atoms with Gasteiger partial charge in [-0.2, -0.15) is 0 Å². The van der Waals surface area contributed by atoms with Crippen LogP contribution in [0.5, 0.6) is 0 Å². The molecular weight excluding hydrogens is 499 g/mol. The van der Waals surface area contributed by atoms with Crippen LogP contribution in [0.3, 0.4) is 0 Å². The number of aryl methyl sites for hydroxylation is 1. The fourth-order valence-corrected chi connectivity index (χ4v) is 4.26. The van der Waals surface area contributed by atoms with Gasteiger partial charge < -0.3 is 14.3 Å². The number of nitrogens with one attached hydrogen (secondary N) is 1. The minimum Gasteiger partial charge on any atom is -0.451 e. The Hall–Kier alpha value is -4.53. The molecule has 0 bridgehead atoms. The number of benzene rings is 2. The summed E-state index contributed by atoms with van der Waals surface area (Å²) in [7, 11) is 1.58. The maximum Gasteiger partial charge on any atom is 0.281 e. The van der Waals surface area contributed by atoms with Gasteiger partial charge in [0.15, 0.2) is 12.1 Å². The first kappa shape index (κ1) is 27.5. The van der Waals surface area contributed by atoms with Gasteiger partial charge >= 0.3 is 0 Å². The quantitative estimate of drug-likeness (QED) is 0.360. The number of halogens is 1. The van der Waals surface area contributed by atoms with Crippen LogP contribution in [0.1, 0.15) is 54.0 Å². The summed E-state index contributed by atoms with van der Waals surface area (Å²) in [6.45, 7) is 6.46. The standard InChI is InChI=1S/C30H31FN4O4/c1-30(2,3)22-9-11-24(12-10-22)35(29(38)25-18-39-19-33-25)27(21-8-13-26(36)34(4)17-21)28(37)32-15-14-20-6-5-7-23(31)16-20/h5-13,16-19,27H,14-15H2,1-4H3,(H,32,37). The third-order valence-electron chi connectivity index (χ3n) is 6.41. The van der Waals surface area contributed by atoms with Crippen LogP contribution in [-0.2, 0) is 23.7 Å². The third kappa shape index (κ3) is 6.49. The second kappa shape index (κ2) is 11.5. The van der Waals surface area contributed by atoms with Crippen LogP contribution in [-0.4, -0.2) is 27.9 Å². The van der Waals surface area contributed by atoms with Crippen molar-refractivity contribution in [1.82, 2.24) is 14.9 Å². The van der Waals surface area contributed by atoms with Crippen molar-refractivity contribution in [1.29, 1.82) is 0 Å². The lowest BCUT2D eigenvalue weighted by molar-refractivity contribution is -0.122. The summed E-state index contributed by atoms with van der Waals surface area (Å²) in [6, 6.07) is 15.3. The molecule has 8 nitrogen and oxygen atoms in total. The van der Waals surface area contributed by atoms with E-state index in [1.54, 1.807) is 31.3 Å². The van der Waals surface area contributed by atoms with Gasteiger partial charge in [-0.3, -0.25) is 19.3 Å². The molecule has 4 aromatic rings. The fraction of sp³-hybridized carbons (Fsp3) is 0.267. The number of carbonyl (C=O) groups is 2. The van der Waals surface area contributed by atoms with Crippen LogP contribution in [0.2, 0.25) is 0 Å². The van der Waals surface area contributed by atoms with Crippen molar-refractivity contribution < 1.29 is 18.4 Å². The highest BCUT2D eigenvalue weighted by Gasteiger charge is 2.35. The molecule has 0 radical (unpaired) electrons. The highest BCUT2D eigenvalue weighted by Crippen LogP contribution is 2.31. The summed E-state index contributed by atoms with van der Waals surface area (Å²) >= 11 is 0. The van der Waals surface area contributed by atoms with Crippen molar-refractivity contribution in [3.8, 4) is 0 Å². The molecule has 0 saturated carbocycles. The summed E-state index contributed by atoms with van der Waals surface area (Å²) in [6.07, 6.45) is 4.29. The molecule has 0 fully saturated rings. The van der Waals surface area contributed by atoms with E-state index in [1.165, 1.54) is 46.2 Å². The third-order valence-corrected chi connectivity index (χ3v) is 6.41. The number of aromatic nitrogens is 2. The van der Waals surface area contributed by atoms with Gasteiger partial charge in [0.1, 0.15) is 18.1 Å². The first-order valence-corrected chi connectivity index (χ1v) is 12.6. The molecular formula is C30H31FN4O4. The number of hydrogen-bond donors (Lipinski definition) is 1. The molecule has 2 aromatic carbocycles. The first-order chi connectivity index (χ1) is 18.5. The van der Waals surface area contributed by atoms with Gasteiger partial charge in [-0.15, -0.1) is 0 Å². The van der Waals surface area contributed by atoms with Crippen LogP contribution in [0.15, 0.2) is 88.7 Å². The molecule has 1 N–H and O–H groups in total. The topological polar surface area (TPSA) is 97.4 Å². The van der Waals surface area contributed by atoms with Gasteiger partial charge in [0, 0.05) is 37.1 Å². The number of amides is 2. The van der Waals surface area contributed by atoms with Crippen LogP contribution in [0.4, 0.5) is 10.1 Å². The molecule has 1 unspecified atom stereocenters. The smallest absolute Gasteiger partial charge is 0.281 e. The lowest BCUT2D eigenvalue weighted by Gasteiger charge is -2.31. The predicted molar refractivity (Wildman–Crippen MR) is 146 cm³/mol. The molecule has 0 saturated heterocycles. The average molecular weight is 531 g/mol. The summed E-state index contributed by atoms with van der Waals surface area (Å²) in [5, 5.41) is 2.88. The van der Waals surface area contributed by atoms with Crippen molar-refractivity contribution in [3.63, 3.8) is 0 Å². The number of carbonyl (C=O) groups excluding carboxylic acids is 2. The molecule has 0 aliphatic rings. The summed E-state index contributed by atoms with van der Waals surface area (Å²) in [4.78, 5) is 45.1. The van der Waals surface area contributed by atoms with E-state index >= 15 is 0 Å². The number of hydrogen-bond acceptors (Lipinski definition) is 5. The molecule has 0 aliphatic carbocycles. The molecule has 0 aliphatic heterocycles. The van der Waals surface area contributed by atoms with Crippen LogP contribution in [0.25, 0.3) is 0 Å². The van der Waals surface area contributed by atoms with E-state index < -0.39 is 17.9 Å². The Balaban J connectivity index is 1.75. The van der Waals surface area contributed by atoms with Crippen LogP contribution < -0.4 is 15.8 Å². The lowest BCUT2D eigenvalue weighted by atomic mass is 9.87. The Morgan fingerprint density at radius 3 is 2.46 bits per heavy atom. The zero-order chi connectivity index (χ0) is 28.2. The second-order valence-electron chi connectivity index (χ2n) is 10.3. The van der Waals surface area contributed by atoms with Gasteiger partial charge in [0.05, 0.1) is 0 Å². The van der Waals surface area contributed by atoms with Crippen LogP contribution in [0, 0.1) is 5.82 Å². The van der Waals surface area contributed by atoms with E-state index in [1.807, 2.05) is 12.1 Å². The number of rotatable bonds is 8. The molecule has 39 heavy (non-hydrogen) atoms. The molecule has 2 aromatic heterocycles. The normalized spacial score (nSPS) is 12.1. The summed E-state index contributed by atoms with van der Waals surface area (Å²) in [5.41, 5.74) is 2.32. The molecule has 2 amide bonds. The number of pyridine rings is 1. The number of oxazole rings is 1. The average Bonchev–Trinajstić information content (AvgIpc) is 3.43. The maximum atomic E-state index is 13.8. The van der Waals surface area contributed by atoms with E-state index in [0.29, 0.717) is 17.7 Å². The van der Waals surface area contributed by atoms with Crippen molar-refractivity contribution in [2.75, 3.05) is 11.4 Å². The predicted octanol–water partition coefficient (Wildman–Crippen LogP) is 4.56. The van der Waals surface area contributed by atoms with E-state index in [9.17, 15) is 18.8 Å². The first-order valence-electron chi connectivity index (χ1n) is 12.6. The van der Waals surface area contributed by atoms with Gasteiger partial charge in [-0.05, 0) is 53.3 Å². The zero-order valence-electron chi connectivity index (χ0n) is 22.3. The van der Waals surface area contributed by atoms with Crippen molar-refractivity contribution in [3.05, 3.63) is 118 Å². The molecule has 1 atom stereocenters. The van der Waals surface area contributed by atoms with Crippen molar-refractivity contribution in [2.24, 2.45) is 7.05 Å². The number of anilines is 1. The highest BCUT2D eigenvalue weighted by atomic mass is 19.1. The number of nitrogens with zero attached hydrogens (tertiary/aromatic N) is 3. The van der Waals surface area contributed by atoms with Gasteiger partial charge in [0.2, 0.25) is 11.5 Å². The minimum atomic E-state index is -1.14. The van der Waals surface area contributed by atoms with Gasteiger partial charge in [0.25, 0.3) is 5.91 Å². The lowest BCUT2D eigenvalue weighted by Crippen LogP contribution is -2.45. The molecule has 0 spiro atoms. The fourth-order valence-electron chi connectivity index (χ4n) is 4.26. The minimum absolute atomic E-state index is 0.0253. The Morgan fingerprint density at radius 2 is 1.85 bits per heavy atom. The van der Waals surface area contributed by atoms with Crippen molar-refractivity contribution in [2.45, 2.75) is 38.6 Å². The molecule has 4 rings (SSSR count). The Labute approximate surface area is 226 Å². The molecule has 9 heteroatoms. The largest absolute Gasteiger partial charge is 0.451 e. The summed E-state index contributed by atoms with van der Waals surface area (Å²) < 4.78 is 20.0. The monoisotopic (exact) mass is 530 g/mol. The maximum absolute atomic E-state index is 13.8. The van der Waals surface area contributed by atoms with Crippen molar-refractivity contribution >= 4 is 17.5 Å². The molecule has 2 heterocycles. The zero-order valence-corrected chi connectivity index (χ0v) is 22.3. The van der Waals surface area contributed by atoms with E-state index in [4.69, 9.17) is 4.42 Å². The Morgan fingerprint density at radius 1 is 1.10 bits per heavy atom. The Kier molecular flexibility index (Phi) is 8.09. The second-order valence-corrected chi connectivity index (χ2v) is 10.3. The molecule has 202 valence electrons. The van der Waals surface area contributed by atoms with E-state index in [2.05, 4.69) is 31.1 Å². The van der Waals surface area contributed by atoms with E-state index in [-0.39, 0.29) is 29.0 Å².